The molecule has 0 amide bonds. The van der Waals surface area contributed by atoms with Crippen LogP contribution in [0.4, 0.5) is 5.82 Å². The van der Waals surface area contributed by atoms with Crippen molar-refractivity contribution in [3.8, 4) is 0 Å². The molecule has 0 radical (unpaired) electrons. The molecule has 1 atom stereocenters. The zero-order chi connectivity index (χ0) is 12.3. The Morgan fingerprint density at radius 3 is 2.94 bits per heavy atom. The van der Waals surface area contributed by atoms with E-state index in [0.29, 0.717) is 12.6 Å². The molecule has 94 valence electrons. The van der Waals surface area contributed by atoms with Crippen LogP contribution in [0.5, 0.6) is 0 Å². The fourth-order valence-electron chi connectivity index (χ4n) is 2.64. The molecule has 0 spiro atoms. The van der Waals surface area contributed by atoms with Crippen LogP contribution in [0.15, 0.2) is 12.3 Å². The molecule has 1 aliphatic rings. The van der Waals surface area contributed by atoms with Crippen LogP contribution in [-0.2, 0) is 6.42 Å². The fourth-order valence-corrected chi connectivity index (χ4v) is 2.64. The van der Waals surface area contributed by atoms with Gasteiger partial charge in [0.25, 0.3) is 0 Å². The first kappa shape index (κ1) is 12.4. The molecule has 1 fully saturated rings. The molecule has 1 aromatic heterocycles. The van der Waals surface area contributed by atoms with Crippen LogP contribution in [0.1, 0.15) is 37.3 Å². The molecule has 3 nitrogen and oxygen atoms in total. The predicted octanol–water partition coefficient (Wildman–Crippen LogP) is 2.27. The highest BCUT2D eigenvalue weighted by molar-refractivity contribution is 5.48. The largest absolute Gasteiger partial charge is 0.354 e. The number of aromatic nitrogens is 1. The second-order valence-electron chi connectivity index (χ2n) is 5.06. The van der Waals surface area contributed by atoms with Gasteiger partial charge in [-0.2, -0.15) is 0 Å². The summed E-state index contributed by atoms with van der Waals surface area (Å²) in [6.07, 6.45) is 6.82. The van der Waals surface area contributed by atoms with Gasteiger partial charge in [-0.15, -0.1) is 0 Å². The molecule has 0 saturated carbocycles. The molecule has 2 heterocycles. The van der Waals surface area contributed by atoms with E-state index in [2.05, 4.69) is 29.8 Å². The van der Waals surface area contributed by atoms with Gasteiger partial charge in [-0.25, -0.2) is 4.98 Å². The zero-order valence-corrected chi connectivity index (χ0v) is 10.9. The van der Waals surface area contributed by atoms with Crippen LogP contribution in [0.25, 0.3) is 0 Å². The minimum absolute atomic E-state index is 0.621. The number of rotatable bonds is 3. The first-order valence-electron chi connectivity index (χ1n) is 6.64. The minimum Gasteiger partial charge on any atom is -0.354 e. The van der Waals surface area contributed by atoms with Crippen molar-refractivity contribution in [1.82, 2.24) is 4.98 Å². The van der Waals surface area contributed by atoms with E-state index in [4.69, 9.17) is 5.73 Å². The van der Waals surface area contributed by atoms with Gasteiger partial charge in [-0.3, -0.25) is 0 Å². The van der Waals surface area contributed by atoms with Gasteiger partial charge in [0.2, 0.25) is 0 Å². The summed E-state index contributed by atoms with van der Waals surface area (Å²) >= 11 is 0. The second kappa shape index (κ2) is 5.50. The van der Waals surface area contributed by atoms with Crippen molar-refractivity contribution in [3.63, 3.8) is 0 Å². The van der Waals surface area contributed by atoms with E-state index in [9.17, 15) is 0 Å². The van der Waals surface area contributed by atoms with E-state index in [-0.39, 0.29) is 0 Å². The van der Waals surface area contributed by atoms with E-state index in [0.717, 1.165) is 18.8 Å². The quantitative estimate of drug-likeness (QED) is 0.871. The maximum absolute atomic E-state index is 5.58. The topological polar surface area (TPSA) is 42.1 Å². The Morgan fingerprint density at radius 1 is 1.47 bits per heavy atom. The van der Waals surface area contributed by atoms with Gasteiger partial charge in [0.1, 0.15) is 5.82 Å². The Balaban J connectivity index is 2.20. The normalized spacial score (nSPS) is 20.6. The Bertz CT molecular complexity index is 376. The fraction of sp³-hybridized carbons (Fsp3) is 0.643. The zero-order valence-electron chi connectivity index (χ0n) is 10.9. The van der Waals surface area contributed by atoms with Gasteiger partial charge in [0, 0.05) is 18.8 Å². The van der Waals surface area contributed by atoms with Crippen molar-refractivity contribution in [2.24, 2.45) is 5.73 Å². The number of nitrogens with two attached hydrogens (primary N) is 1. The molecule has 0 aromatic carbocycles. The number of pyridine rings is 1. The summed E-state index contributed by atoms with van der Waals surface area (Å²) in [4.78, 5) is 7.09. The lowest BCUT2D eigenvalue weighted by Crippen LogP contribution is -2.38. The van der Waals surface area contributed by atoms with Gasteiger partial charge in [0.05, 0.1) is 0 Å². The number of hydrogen-bond donors (Lipinski definition) is 1. The maximum atomic E-state index is 5.58. The summed E-state index contributed by atoms with van der Waals surface area (Å²) in [5.41, 5.74) is 8.11. The molecule has 3 heteroatoms. The van der Waals surface area contributed by atoms with Crippen molar-refractivity contribution < 1.29 is 0 Å². The highest BCUT2D eigenvalue weighted by Crippen LogP contribution is 2.25. The summed E-state index contributed by atoms with van der Waals surface area (Å²) in [7, 11) is 0. The third-order valence-electron chi connectivity index (χ3n) is 3.62. The van der Waals surface area contributed by atoms with Crippen LogP contribution in [0.2, 0.25) is 0 Å². The van der Waals surface area contributed by atoms with E-state index >= 15 is 0 Å². The van der Waals surface area contributed by atoms with Crippen LogP contribution in [-0.4, -0.2) is 24.1 Å². The maximum Gasteiger partial charge on any atom is 0.131 e. The van der Waals surface area contributed by atoms with Gasteiger partial charge >= 0.3 is 0 Å². The Labute approximate surface area is 104 Å². The molecular weight excluding hydrogens is 210 g/mol. The highest BCUT2D eigenvalue weighted by Gasteiger charge is 2.20. The summed E-state index contributed by atoms with van der Waals surface area (Å²) < 4.78 is 0. The Kier molecular flexibility index (Phi) is 4.00. The monoisotopic (exact) mass is 233 g/mol. The van der Waals surface area contributed by atoms with Crippen molar-refractivity contribution in [3.05, 3.63) is 23.4 Å². The summed E-state index contributed by atoms with van der Waals surface area (Å²) in [6, 6.07) is 2.85. The second-order valence-corrected chi connectivity index (χ2v) is 5.06. The van der Waals surface area contributed by atoms with Gasteiger partial charge in [-0.05, 0) is 57.2 Å². The first-order chi connectivity index (χ1) is 8.22. The van der Waals surface area contributed by atoms with E-state index in [1.165, 1.54) is 30.4 Å². The van der Waals surface area contributed by atoms with E-state index < -0.39 is 0 Å². The molecule has 2 N–H and O–H groups in total. The number of nitrogens with zero attached hydrogens (tertiary/aromatic N) is 2. The lowest BCUT2D eigenvalue weighted by Gasteiger charge is -2.35. The predicted molar refractivity (Wildman–Crippen MR) is 72.4 cm³/mol. The van der Waals surface area contributed by atoms with Crippen LogP contribution < -0.4 is 10.6 Å². The SMILES string of the molecule is Cc1cc(CCN)cnc1N1CCCCC1C. The summed E-state index contributed by atoms with van der Waals surface area (Å²) in [5.74, 6) is 1.16. The van der Waals surface area contributed by atoms with Gasteiger partial charge in [-0.1, -0.05) is 6.07 Å². The standard InChI is InChI=1S/C14H23N3/c1-11-9-13(6-7-15)10-16-14(11)17-8-4-3-5-12(17)2/h9-10,12H,3-8,15H2,1-2H3. The smallest absolute Gasteiger partial charge is 0.131 e. The average Bonchev–Trinajstić information content (AvgIpc) is 2.31. The number of aryl methyl sites for hydroxylation is 1. The molecule has 17 heavy (non-hydrogen) atoms. The third kappa shape index (κ3) is 2.78. The van der Waals surface area contributed by atoms with Crippen LogP contribution in [0, 0.1) is 6.92 Å². The molecule has 0 aliphatic carbocycles. The van der Waals surface area contributed by atoms with Gasteiger partial charge < -0.3 is 10.6 Å². The Hall–Kier alpha value is -1.09. The molecule has 1 aliphatic heterocycles. The molecule has 1 unspecified atom stereocenters. The number of anilines is 1. The van der Waals surface area contributed by atoms with Crippen molar-refractivity contribution >= 4 is 5.82 Å². The molecule has 1 saturated heterocycles. The van der Waals surface area contributed by atoms with Crippen molar-refractivity contribution in [1.29, 1.82) is 0 Å². The van der Waals surface area contributed by atoms with Crippen molar-refractivity contribution in [2.75, 3.05) is 18.0 Å². The molecular formula is C14H23N3. The van der Waals surface area contributed by atoms with E-state index in [1.54, 1.807) is 0 Å². The summed E-state index contributed by atoms with van der Waals surface area (Å²) in [6.45, 7) is 6.30. The van der Waals surface area contributed by atoms with Crippen molar-refractivity contribution in [2.45, 2.75) is 45.6 Å². The lowest BCUT2D eigenvalue weighted by atomic mass is 10.0. The molecule has 2 rings (SSSR count). The number of piperidine rings is 1. The third-order valence-corrected chi connectivity index (χ3v) is 3.62. The highest BCUT2D eigenvalue weighted by atomic mass is 15.2. The summed E-state index contributed by atoms with van der Waals surface area (Å²) in [5, 5.41) is 0. The first-order valence-corrected chi connectivity index (χ1v) is 6.64. The van der Waals surface area contributed by atoms with Crippen LogP contribution >= 0.6 is 0 Å². The molecule has 0 bridgehead atoms. The molecule has 1 aromatic rings. The minimum atomic E-state index is 0.621. The van der Waals surface area contributed by atoms with E-state index in [1.807, 2.05) is 6.20 Å². The Morgan fingerprint density at radius 2 is 2.29 bits per heavy atom. The average molecular weight is 233 g/mol. The van der Waals surface area contributed by atoms with Crippen LogP contribution in [0.3, 0.4) is 0 Å². The van der Waals surface area contributed by atoms with Gasteiger partial charge in [0.15, 0.2) is 0 Å². The number of hydrogen-bond acceptors (Lipinski definition) is 3. The lowest BCUT2D eigenvalue weighted by molar-refractivity contribution is 0.480.